The molecule has 0 saturated carbocycles. The normalized spacial score (nSPS) is 17.6. The zero-order chi connectivity index (χ0) is 14.6. The molecule has 3 N–H and O–H groups in total. The number of hydrogen-bond acceptors (Lipinski definition) is 4. The molecule has 1 aliphatic heterocycles. The second kappa shape index (κ2) is 6.34. The number of hydrogen-bond donors (Lipinski definition) is 2. The average Bonchev–Trinajstić information content (AvgIpc) is 2.65. The van der Waals surface area contributed by atoms with Crippen LogP contribution in [0, 0.1) is 0 Å². The minimum Gasteiger partial charge on any atom is -0.355 e. The molecule has 0 aromatic heterocycles. The van der Waals surface area contributed by atoms with Gasteiger partial charge in [-0.1, -0.05) is 12.1 Å². The zero-order valence-electron chi connectivity index (χ0n) is 11.2. The molecule has 1 saturated heterocycles. The maximum absolute atomic E-state index is 12.5. The predicted molar refractivity (Wildman–Crippen MR) is 75.6 cm³/mol. The first-order valence-electron chi connectivity index (χ1n) is 6.60. The molecule has 1 heterocycles. The van der Waals surface area contributed by atoms with Gasteiger partial charge in [0.2, 0.25) is 15.9 Å². The van der Waals surface area contributed by atoms with Crippen LogP contribution in [0.15, 0.2) is 29.2 Å². The molecule has 1 aromatic rings. The van der Waals surface area contributed by atoms with Crippen molar-refractivity contribution in [2.45, 2.75) is 17.7 Å². The number of amides is 1. The largest absolute Gasteiger partial charge is 0.355 e. The smallest absolute Gasteiger partial charge is 0.243 e. The van der Waals surface area contributed by atoms with E-state index in [1.54, 1.807) is 24.3 Å². The van der Waals surface area contributed by atoms with E-state index in [1.807, 2.05) is 0 Å². The summed E-state index contributed by atoms with van der Waals surface area (Å²) in [5.41, 5.74) is 6.46. The molecule has 1 aliphatic rings. The molecule has 20 heavy (non-hydrogen) atoms. The minimum absolute atomic E-state index is 0.118. The topological polar surface area (TPSA) is 92.5 Å². The second-order valence-corrected chi connectivity index (χ2v) is 6.66. The van der Waals surface area contributed by atoms with Gasteiger partial charge in [-0.05, 0) is 37.1 Å². The lowest BCUT2D eigenvalue weighted by Gasteiger charge is -2.18. The highest BCUT2D eigenvalue weighted by atomic mass is 32.2. The summed E-state index contributed by atoms with van der Waals surface area (Å²) in [4.78, 5) is 11.7. The van der Waals surface area contributed by atoms with E-state index in [0.29, 0.717) is 32.5 Å². The first-order chi connectivity index (χ1) is 9.54. The quantitative estimate of drug-likeness (QED) is 0.798. The van der Waals surface area contributed by atoms with E-state index >= 15 is 0 Å². The van der Waals surface area contributed by atoms with E-state index < -0.39 is 10.0 Å². The zero-order valence-corrected chi connectivity index (χ0v) is 12.0. The van der Waals surface area contributed by atoms with Crippen molar-refractivity contribution in [1.29, 1.82) is 0 Å². The number of rotatable bonds is 4. The van der Waals surface area contributed by atoms with Gasteiger partial charge in [0.25, 0.3) is 0 Å². The van der Waals surface area contributed by atoms with Gasteiger partial charge in [0.1, 0.15) is 0 Å². The van der Waals surface area contributed by atoms with Crippen molar-refractivity contribution in [1.82, 2.24) is 9.62 Å². The van der Waals surface area contributed by atoms with Gasteiger partial charge in [0.15, 0.2) is 0 Å². The van der Waals surface area contributed by atoms with Crippen molar-refractivity contribution < 1.29 is 13.2 Å². The molecule has 1 amide bonds. The van der Waals surface area contributed by atoms with Crippen LogP contribution in [0.25, 0.3) is 0 Å². The maximum atomic E-state index is 12.5. The number of carbonyl (C=O) groups is 1. The highest BCUT2D eigenvalue weighted by Gasteiger charge is 2.27. The van der Waals surface area contributed by atoms with E-state index in [2.05, 4.69) is 5.32 Å². The van der Waals surface area contributed by atoms with Crippen LogP contribution in [-0.2, 0) is 21.2 Å². The molecule has 0 bridgehead atoms. The third-order valence-electron chi connectivity index (χ3n) is 3.22. The molecule has 0 spiro atoms. The van der Waals surface area contributed by atoms with E-state index in [0.717, 1.165) is 5.56 Å². The van der Waals surface area contributed by atoms with Gasteiger partial charge in [0.05, 0.1) is 11.4 Å². The second-order valence-electron chi connectivity index (χ2n) is 4.72. The van der Waals surface area contributed by atoms with Crippen molar-refractivity contribution in [3.05, 3.63) is 29.8 Å². The standard InChI is InChI=1S/C13H19N3O3S/c14-7-6-11-2-4-12(5-3-11)20(18,19)16-9-1-8-15-13(17)10-16/h2-5H,1,6-10,14H2,(H,15,17). The molecule has 6 nitrogen and oxygen atoms in total. The lowest BCUT2D eigenvalue weighted by atomic mass is 10.2. The van der Waals surface area contributed by atoms with Crippen molar-refractivity contribution >= 4 is 15.9 Å². The highest BCUT2D eigenvalue weighted by Crippen LogP contribution is 2.17. The third-order valence-corrected chi connectivity index (χ3v) is 5.08. The molecule has 2 rings (SSSR count). The first kappa shape index (κ1) is 15.0. The van der Waals surface area contributed by atoms with E-state index in [1.165, 1.54) is 4.31 Å². The lowest BCUT2D eigenvalue weighted by molar-refractivity contribution is -0.120. The average molecular weight is 297 g/mol. The molecule has 7 heteroatoms. The number of carbonyl (C=O) groups excluding carboxylic acids is 1. The summed E-state index contributed by atoms with van der Waals surface area (Å²) in [7, 11) is -3.61. The fraction of sp³-hybridized carbons (Fsp3) is 0.462. The van der Waals surface area contributed by atoms with Gasteiger partial charge >= 0.3 is 0 Å². The molecule has 110 valence electrons. The summed E-state index contributed by atoms with van der Waals surface area (Å²) in [6, 6.07) is 6.67. The van der Waals surface area contributed by atoms with Gasteiger partial charge in [-0.15, -0.1) is 0 Å². The fourth-order valence-corrected chi connectivity index (χ4v) is 3.56. The predicted octanol–water partition coefficient (Wildman–Crippen LogP) is -0.302. The van der Waals surface area contributed by atoms with Crippen LogP contribution in [0.4, 0.5) is 0 Å². The van der Waals surface area contributed by atoms with Gasteiger partial charge in [-0.3, -0.25) is 4.79 Å². The third kappa shape index (κ3) is 3.36. The SMILES string of the molecule is NCCc1ccc(S(=O)(=O)N2CCCNC(=O)C2)cc1. The Morgan fingerprint density at radius 3 is 2.60 bits per heavy atom. The van der Waals surface area contributed by atoms with Crippen molar-refractivity contribution in [2.75, 3.05) is 26.2 Å². The maximum Gasteiger partial charge on any atom is 0.243 e. The number of nitrogens with zero attached hydrogens (tertiary/aromatic N) is 1. The van der Waals surface area contributed by atoms with Crippen LogP contribution in [-0.4, -0.2) is 44.8 Å². The van der Waals surface area contributed by atoms with Crippen LogP contribution >= 0.6 is 0 Å². The number of nitrogens with two attached hydrogens (primary N) is 1. The lowest BCUT2D eigenvalue weighted by Crippen LogP contribution is -2.37. The Labute approximate surface area is 119 Å². The summed E-state index contributed by atoms with van der Waals surface area (Å²) in [5, 5.41) is 2.66. The van der Waals surface area contributed by atoms with Crippen LogP contribution in [0.1, 0.15) is 12.0 Å². The Bertz CT molecular complexity index is 569. The molecule has 1 fully saturated rings. The Hall–Kier alpha value is -1.44. The summed E-state index contributed by atoms with van der Waals surface area (Å²) in [6.07, 6.45) is 1.34. The van der Waals surface area contributed by atoms with Crippen molar-refractivity contribution in [3.8, 4) is 0 Å². The molecular formula is C13H19N3O3S. The summed E-state index contributed by atoms with van der Waals surface area (Å²) >= 11 is 0. The van der Waals surface area contributed by atoms with Crippen LogP contribution in [0.3, 0.4) is 0 Å². The fourth-order valence-electron chi connectivity index (χ4n) is 2.13. The van der Waals surface area contributed by atoms with Crippen molar-refractivity contribution in [3.63, 3.8) is 0 Å². The highest BCUT2D eigenvalue weighted by molar-refractivity contribution is 7.89. The molecule has 0 aliphatic carbocycles. The molecule has 0 atom stereocenters. The Kier molecular flexibility index (Phi) is 4.74. The number of nitrogens with one attached hydrogen (secondary N) is 1. The van der Waals surface area contributed by atoms with Gasteiger partial charge < -0.3 is 11.1 Å². The van der Waals surface area contributed by atoms with Gasteiger partial charge in [-0.25, -0.2) is 8.42 Å². The van der Waals surface area contributed by atoms with E-state index in [4.69, 9.17) is 5.73 Å². The Morgan fingerprint density at radius 1 is 1.25 bits per heavy atom. The summed E-state index contributed by atoms with van der Waals surface area (Å²) in [5.74, 6) is -0.258. The molecule has 0 radical (unpaired) electrons. The minimum atomic E-state index is -3.61. The molecular weight excluding hydrogens is 278 g/mol. The number of sulfonamides is 1. The van der Waals surface area contributed by atoms with Gasteiger partial charge in [-0.2, -0.15) is 4.31 Å². The van der Waals surface area contributed by atoms with E-state index in [-0.39, 0.29) is 17.3 Å². The monoisotopic (exact) mass is 297 g/mol. The van der Waals surface area contributed by atoms with Crippen LogP contribution in [0.5, 0.6) is 0 Å². The van der Waals surface area contributed by atoms with E-state index in [9.17, 15) is 13.2 Å². The molecule has 0 unspecified atom stereocenters. The first-order valence-corrected chi connectivity index (χ1v) is 8.04. The summed E-state index contributed by atoms with van der Waals surface area (Å²) < 4.78 is 26.2. The summed E-state index contributed by atoms with van der Waals surface area (Å²) in [6.45, 7) is 1.27. The van der Waals surface area contributed by atoms with Gasteiger partial charge in [0, 0.05) is 13.1 Å². The Morgan fingerprint density at radius 2 is 1.95 bits per heavy atom. The van der Waals surface area contributed by atoms with Crippen LogP contribution in [0.2, 0.25) is 0 Å². The van der Waals surface area contributed by atoms with Crippen molar-refractivity contribution in [2.24, 2.45) is 5.73 Å². The Balaban J connectivity index is 2.22. The number of benzene rings is 1. The molecule has 1 aromatic carbocycles. The van der Waals surface area contributed by atoms with Crippen LogP contribution < -0.4 is 11.1 Å².